The van der Waals surface area contributed by atoms with E-state index in [0.717, 1.165) is 44.2 Å². The highest BCUT2D eigenvalue weighted by molar-refractivity contribution is 7.89. The van der Waals surface area contributed by atoms with Crippen molar-refractivity contribution in [3.8, 4) is 0 Å². The van der Waals surface area contributed by atoms with E-state index in [1.165, 1.54) is 19.3 Å². The average molecular weight is 419 g/mol. The molecule has 1 amide bonds. The van der Waals surface area contributed by atoms with Gasteiger partial charge < -0.3 is 4.90 Å². The van der Waals surface area contributed by atoms with Crippen molar-refractivity contribution >= 4 is 15.9 Å². The van der Waals surface area contributed by atoms with Crippen LogP contribution in [-0.4, -0.2) is 49.2 Å². The van der Waals surface area contributed by atoms with E-state index >= 15 is 0 Å². The zero-order valence-corrected chi connectivity index (χ0v) is 18.6. The molecule has 6 heteroatoms. The highest BCUT2D eigenvalue weighted by atomic mass is 32.2. The lowest BCUT2D eigenvalue weighted by atomic mass is 9.72. The summed E-state index contributed by atoms with van der Waals surface area (Å²) in [5.41, 5.74) is 1.24. The summed E-state index contributed by atoms with van der Waals surface area (Å²) in [6.45, 7) is 6.08. The fraction of sp³-hybridized carbons (Fsp3) is 0.696. The number of hydrogen-bond donors (Lipinski definition) is 0. The molecule has 1 aromatic carbocycles. The normalized spacial score (nSPS) is 28.8. The summed E-state index contributed by atoms with van der Waals surface area (Å²) in [5.74, 6) is 1.25. The fourth-order valence-electron chi connectivity index (χ4n) is 5.59. The largest absolute Gasteiger partial charge is 0.335 e. The molecule has 3 aliphatic rings. The molecule has 2 saturated heterocycles. The monoisotopic (exact) mass is 418 g/mol. The van der Waals surface area contributed by atoms with Crippen LogP contribution < -0.4 is 0 Å². The second kappa shape index (κ2) is 8.38. The Morgan fingerprint density at radius 2 is 1.69 bits per heavy atom. The van der Waals surface area contributed by atoms with Gasteiger partial charge in [-0.15, -0.1) is 0 Å². The van der Waals surface area contributed by atoms with E-state index < -0.39 is 10.0 Å². The zero-order chi connectivity index (χ0) is 20.6. The minimum absolute atomic E-state index is 0.00361. The van der Waals surface area contributed by atoms with Gasteiger partial charge in [-0.2, -0.15) is 4.31 Å². The summed E-state index contributed by atoms with van der Waals surface area (Å²) < 4.78 is 28.1. The molecule has 3 fully saturated rings. The number of sulfonamides is 1. The van der Waals surface area contributed by atoms with Gasteiger partial charge in [-0.3, -0.25) is 4.79 Å². The highest BCUT2D eigenvalue weighted by Gasteiger charge is 2.40. The number of aryl methyl sites for hydroxylation is 1. The van der Waals surface area contributed by atoms with Gasteiger partial charge in [0, 0.05) is 31.2 Å². The van der Waals surface area contributed by atoms with Gasteiger partial charge in [-0.25, -0.2) is 8.42 Å². The molecule has 4 rings (SSSR count). The first-order valence-corrected chi connectivity index (χ1v) is 12.8. The van der Waals surface area contributed by atoms with Crippen molar-refractivity contribution in [2.24, 2.45) is 11.8 Å². The van der Waals surface area contributed by atoms with E-state index in [-0.39, 0.29) is 5.91 Å². The second-order valence-electron chi connectivity index (χ2n) is 9.23. The van der Waals surface area contributed by atoms with Crippen LogP contribution in [0.3, 0.4) is 0 Å². The maximum atomic E-state index is 13.4. The molecule has 0 unspecified atom stereocenters. The predicted octanol–water partition coefficient (Wildman–Crippen LogP) is 4.21. The van der Waals surface area contributed by atoms with Crippen molar-refractivity contribution in [1.82, 2.24) is 9.21 Å². The van der Waals surface area contributed by atoms with Crippen molar-refractivity contribution in [3.63, 3.8) is 0 Å². The molecule has 29 heavy (non-hydrogen) atoms. The number of piperidine rings is 2. The molecule has 3 atom stereocenters. The molecule has 1 aliphatic carbocycles. The topological polar surface area (TPSA) is 57.7 Å². The molecule has 1 saturated carbocycles. The number of rotatable bonds is 3. The van der Waals surface area contributed by atoms with Gasteiger partial charge in [0.15, 0.2) is 0 Å². The lowest BCUT2D eigenvalue weighted by Crippen LogP contribution is -2.52. The minimum Gasteiger partial charge on any atom is -0.335 e. The number of hydrogen-bond acceptors (Lipinski definition) is 3. The number of fused-ring (bicyclic) bond motifs is 1. The Morgan fingerprint density at radius 3 is 2.45 bits per heavy atom. The van der Waals surface area contributed by atoms with Crippen LogP contribution in [0.2, 0.25) is 0 Å². The quantitative estimate of drug-likeness (QED) is 0.739. The Kier molecular flexibility index (Phi) is 6.03. The number of carbonyl (C=O) groups is 1. The van der Waals surface area contributed by atoms with E-state index in [2.05, 4.69) is 6.92 Å². The van der Waals surface area contributed by atoms with Gasteiger partial charge in [-0.1, -0.05) is 32.3 Å². The third-order valence-electron chi connectivity index (χ3n) is 7.37. The summed E-state index contributed by atoms with van der Waals surface area (Å²) in [4.78, 5) is 15.8. The van der Waals surface area contributed by atoms with Gasteiger partial charge in [0.25, 0.3) is 5.91 Å². The van der Waals surface area contributed by atoms with E-state index in [1.54, 1.807) is 16.4 Å². The Bertz CT molecular complexity index is 861. The van der Waals surface area contributed by atoms with E-state index in [0.29, 0.717) is 41.4 Å². The number of amides is 1. The Balaban J connectivity index is 1.62. The molecule has 1 aromatic rings. The molecule has 0 spiro atoms. The number of benzene rings is 1. The van der Waals surface area contributed by atoms with E-state index in [1.807, 2.05) is 17.9 Å². The highest BCUT2D eigenvalue weighted by Crippen LogP contribution is 2.39. The summed E-state index contributed by atoms with van der Waals surface area (Å²) >= 11 is 0. The van der Waals surface area contributed by atoms with Crippen LogP contribution in [0, 0.1) is 18.8 Å². The molecule has 0 aromatic heterocycles. The third-order valence-corrected chi connectivity index (χ3v) is 9.41. The number of likely N-dealkylation sites (tertiary alicyclic amines) is 1. The maximum absolute atomic E-state index is 13.4. The molecule has 160 valence electrons. The standard InChI is InChI=1S/C23H34N2O3S/c1-17-12-15-25(21-9-5-4-8-20(17)21)23(26)19-11-10-18(2)22(16-19)29(27,28)24-13-6-3-7-14-24/h10-11,16-17,20-21H,3-9,12-15H2,1-2H3/t17-,20+,21+/m0/s1. The molecule has 5 nitrogen and oxygen atoms in total. The maximum Gasteiger partial charge on any atom is 0.254 e. The van der Waals surface area contributed by atoms with Crippen LogP contribution in [0.25, 0.3) is 0 Å². The fourth-order valence-corrected chi connectivity index (χ4v) is 7.35. The molecule has 2 aliphatic heterocycles. The lowest BCUT2D eigenvalue weighted by molar-refractivity contribution is 0.0217. The summed E-state index contributed by atoms with van der Waals surface area (Å²) in [6, 6.07) is 5.55. The second-order valence-corrected chi connectivity index (χ2v) is 11.1. The first kappa shape index (κ1) is 20.9. The summed E-state index contributed by atoms with van der Waals surface area (Å²) in [6.07, 6.45) is 8.66. The predicted molar refractivity (Wildman–Crippen MR) is 114 cm³/mol. The summed E-state index contributed by atoms with van der Waals surface area (Å²) in [5, 5.41) is 0. The molecule has 0 radical (unpaired) electrons. The van der Waals surface area contributed by atoms with Crippen LogP contribution in [0.5, 0.6) is 0 Å². The van der Waals surface area contributed by atoms with Crippen molar-refractivity contribution in [2.75, 3.05) is 19.6 Å². The van der Waals surface area contributed by atoms with Gasteiger partial charge >= 0.3 is 0 Å². The van der Waals surface area contributed by atoms with Crippen molar-refractivity contribution < 1.29 is 13.2 Å². The Morgan fingerprint density at radius 1 is 0.966 bits per heavy atom. The van der Waals surface area contributed by atoms with Crippen LogP contribution in [0.4, 0.5) is 0 Å². The van der Waals surface area contributed by atoms with Crippen molar-refractivity contribution in [2.45, 2.75) is 76.2 Å². The number of carbonyl (C=O) groups excluding carboxylic acids is 1. The van der Waals surface area contributed by atoms with Crippen molar-refractivity contribution in [1.29, 1.82) is 0 Å². The van der Waals surface area contributed by atoms with E-state index in [9.17, 15) is 13.2 Å². The zero-order valence-electron chi connectivity index (χ0n) is 17.8. The lowest BCUT2D eigenvalue weighted by Gasteiger charge is -2.47. The molecular formula is C23H34N2O3S. The smallest absolute Gasteiger partial charge is 0.254 e. The SMILES string of the molecule is Cc1ccc(C(=O)N2CC[C@H](C)[C@H]3CCCC[C@H]32)cc1S(=O)(=O)N1CCCCC1. The van der Waals surface area contributed by atoms with E-state index in [4.69, 9.17) is 0 Å². The number of nitrogens with zero attached hydrogens (tertiary/aromatic N) is 2. The minimum atomic E-state index is -3.55. The first-order valence-electron chi connectivity index (χ1n) is 11.3. The van der Waals surface area contributed by atoms with Crippen LogP contribution >= 0.6 is 0 Å². The average Bonchev–Trinajstić information content (AvgIpc) is 2.74. The van der Waals surface area contributed by atoms with Crippen molar-refractivity contribution in [3.05, 3.63) is 29.3 Å². The van der Waals surface area contributed by atoms with Gasteiger partial charge in [0.2, 0.25) is 10.0 Å². The molecular weight excluding hydrogens is 384 g/mol. The van der Waals surface area contributed by atoms with Crippen LogP contribution in [0.1, 0.15) is 74.2 Å². The molecule has 0 N–H and O–H groups in total. The van der Waals surface area contributed by atoms with Crippen LogP contribution in [0.15, 0.2) is 23.1 Å². The van der Waals surface area contributed by atoms with Gasteiger partial charge in [0.05, 0.1) is 4.90 Å². The Hall–Kier alpha value is -1.40. The third kappa shape index (κ3) is 3.98. The van der Waals surface area contributed by atoms with Gasteiger partial charge in [-0.05, 0) is 68.6 Å². The molecule has 2 heterocycles. The molecule has 0 bridgehead atoms. The van der Waals surface area contributed by atoms with Crippen LogP contribution in [-0.2, 0) is 10.0 Å². The first-order chi connectivity index (χ1) is 13.9. The van der Waals surface area contributed by atoms with Gasteiger partial charge in [0.1, 0.15) is 0 Å². The summed E-state index contributed by atoms with van der Waals surface area (Å²) in [7, 11) is -3.55. The Labute approximate surface area is 175 Å².